The Labute approximate surface area is 204 Å². The average molecular weight is 530 g/mol. The Balaban J connectivity index is 1.85. The van der Waals surface area contributed by atoms with E-state index in [1.807, 2.05) is 13.0 Å². The summed E-state index contributed by atoms with van der Waals surface area (Å²) in [6.45, 7) is 2.43. The largest absolute Gasteiger partial charge is 0.490 e. The van der Waals surface area contributed by atoms with Crippen LogP contribution in [-0.4, -0.2) is 12.5 Å². The number of ether oxygens (including phenoxy) is 2. The van der Waals surface area contributed by atoms with Crippen molar-refractivity contribution >= 4 is 45.2 Å². The van der Waals surface area contributed by atoms with E-state index in [4.69, 9.17) is 21.1 Å². The second kappa shape index (κ2) is 11.5. The Kier molecular flexibility index (Phi) is 8.47. The summed E-state index contributed by atoms with van der Waals surface area (Å²) in [6.07, 6.45) is 1.45. The van der Waals surface area contributed by atoms with Crippen LogP contribution in [0.5, 0.6) is 11.5 Å². The van der Waals surface area contributed by atoms with Crippen LogP contribution in [0.4, 0.5) is 10.1 Å². The van der Waals surface area contributed by atoms with E-state index in [0.717, 1.165) is 5.56 Å². The number of benzene rings is 3. The van der Waals surface area contributed by atoms with Gasteiger partial charge in [0.15, 0.2) is 11.5 Å². The standard InChI is InChI=1S/C25H19BrClFN2O3/c1-2-32-23-12-17(11-18(14-29)25(31)30-22-6-4-3-5-21(22)27)20(26)13-24(23)33-15-16-7-9-19(28)10-8-16/h3-13H,2,15H2,1H3,(H,30,31)/b18-11+. The molecule has 0 unspecified atom stereocenters. The van der Waals surface area contributed by atoms with Gasteiger partial charge in [-0.15, -0.1) is 0 Å². The number of nitrogens with one attached hydrogen (secondary N) is 1. The molecule has 0 atom stereocenters. The Morgan fingerprint density at radius 1 is 1.15 bits per heavy atom. The van der Waals surface area contributed by atoms with Crippen LogP contribution in [0.15, 0.2) is 70.7 Å². The van der Waals surface area contributed by atoms with Crippen LogP contribution >= 0.6 is 27.5 Å². The van der Waals surface area contributed by atoms with Crippen molar-refractivity contribution in [2.24, 2.45) is 0 Å². The minimum Gasteiger partial charge on any atom is -0.490 e. The molecular weight excluding hydrogens is 511 g/mol. The molecule has 5 nitrogen and oxygen atoms in total. The quantitative estimate of drug-likeness (QED) is 0.258. The third-order valence-electron chi connectivity index (χ3n) is 4.46. The molecule has 0 aliphatic heterocycles. The third kappa shape index (κ3) is 6.58. The van der Waals surface area contributed by atoms with Crippen molar-refractivity contribution in [2.45, 2.75) is 13.5 Å². The van der Waals surface area contributed by atoms with Gasteiger partial charge in [0, 0.05) is 4.47 Å². The molecule has 0 aromatic heterocycles. The highest BCUT2D eigenvalue weighted by Crippen LogP contribution is 2.35. The summed E-state index contributed by atoms with van der Waals surface area (Å²) in [4.78, 5) is 12.6. The maximum Gasteiger partial charge on any atom is 0.266 e. The van der Waals surface area contributed by atoms with Crippen molar-refractivity contribution in [3.05, 3.63) is 92.7 Å². The number of carbonyl (C=O) groups excluding carboxylic acids is 1. The zero-order valence-corrected chi connectivity index (χ0v) is 19.9. The van der Waals surface area contributed by atoms with Gasteiger partial charge < -0.3 is 14.8 Å². The van der Waals surface area contributed by atoms with E-state index < -0.39 is 5.91 Å². The number of amides is 1. The van der Waals surface area contributed by atoms with Crippen molar-refractivity contribution < 1.29 is 18.7 Å². The maximum absolute atomic E-state index is 13.1. The van der Waals surface area contributed by atoms with Gasteiger partial charge in [-0.3, -0.25) is 4.79 Å². The van der Waals surface area contributed by atoms with Crippen molar-refractivity contribution in [3.63, 3.8) is 0 Å². The molecule has 33 heavy (non-hydrogen) atoms. The van der Waals surface area contributed by atoms with Gasteiger partial charge in [-0.2, -0.15) is 5.26 Å². The van der Waals surface area contributed by atoms with Gasteiger partial charge in [0.05, 0.1) is 17.3 Å². The first-order valence-electron chi connectivity index (χ1n) is 9.92. The summed E-state index contributed by atoms with van der Waals surface area (Å²) < 4.78 is 25.3. The van der Waals surface area contributed by atoms with Crippen LogP contribution in [0.3, 0.4) is 0 Å². The highest BCUT2D eigenvalue weighted by Gasteiger charge is 2.15. The van der Waals surface area contributed by atoms with E-state index in [-0.39, 0.29) is 18.0 Å². The number of anilines is 1. The van der Waals surface area contributed by atoms with Gasteiger partial charge in [-0.05, 0) is 60.5 Å². The van der Waals surface area contributed by atoms with E-state index in [1.54, 1.807) is 48.5 Å². The molecular formula is C25H19BrClFN2O3. The average Bonchev–Trinajstić information content (AvgIpc) is 2.80. The molecule has 0 aliphatic carbocycles. The van der Waals surface area contributed by atoms with Crippen molar-refractivity contribution in [3.8, 4) is 17.6 Å². The first-order chi connectivity index (χ1) is 15.9. The minimum atomic E-state index is -0.591. The number of nitrogens with zero attached hydrogens (tertiary/aromatic N) is 1. The second-order valence-corrected chi connectivity index (χ2v) is 8.03. The molecule has 0 aliphatic rings. The fourth-order valence-corrected chi connectivity index (χ4v) is 3.46. The van der Waals surface area contributed by atoms with Crippen LogP contribution in [-0.2, 0) is 11.4 Å². The molecule has 8 heteroatoms. The SMILES string of the molecule is CCOc1cc(/C=C(\C#N)C(=O)Nc2ccccc2Cl)c(Br)cc1OCc1ccc(F)cc1. The minimum absolute atomic E-state index is 0.113. The molecule has 0 saturated carbocycles. The number of carbonyl (C=O) groups is 1. The maximum atomic E-state index is 13.1. The molecule has 168 valence electrons. The molecule has 3 aromatic carbocycles. The molecule has 1 N–H and O–H groups in total. The number of halogens is 3. The highest BCUT2D eigenvalue weighted by molar-refractivity contribution is 9.10. The number of nitriles is 1. The Morgan fingerprint density at radius 2 is 1.85 bits per heavy atom. The van der Waals surface area contributed by atoms with E-state index >= 15 is 0 Å². The summed E-state index contributed by atoms with van der Waals surface area (Å²) in [7, 11) is 0. The van der Waals surface area contributed by atoms with Crippen molar-refractivity contribution in [2.75, 3.05) is 11.9 Å². The van der Waals surface area contributed by atoms with Crippen LogP contribution in [0, 0.1) is 17.1 Å². The Bertz CT molecular complexity index is 1220. The summed E-state index contributed by atoms with van der Waals surface area (Å²) in [5.74, 6) is -0.00584. The summed E-state index contributed by atoms with van der Waals surface area (Å²) in [5.41, 5.74) is 1.64. The van der Waals surface area contributed by atoms with Gasteiger partial charge >= 0.3 is 0 Å². The summed E-state index contributed by atoms with van der Waals surface area (Å²) in [5, 5.41) is 12.5. The van der Waals surface area contributed by atoms with Crippen molar-refractivity contribution in [1.82, 2.24) is 0 Å². The number of hydrogen-bond donors (Lipinski definition) is 1. The summed E-state index contributed by atoms with van der Waals surface area (Å²) in [6, 6.07) is 18.0. The molecule has 0 spiro atoms. The van der Waals surface area contributed by atoms with E-state index in [9.17, 15) is 14.4 Å². The Morgan fingerprint density at radius 3 is 2.52 bits per heavy atom. The zero-order valence-electron chi connectivity index (χ0n) is 17.6. The van der Waals surface area contributed by atoms with Crippen LogP contribution in [0.25, 0.3) is 6.08 Å². The highest BCUT2D eigenvalue weighted by atomic mass is 79.9. The lowest BCUT2D eigenvalue weighted by molar-refractivity contribution is -0.112. The smallest absolute Gasteiger partial charge is 0.266 e. The van der Waals surface area contributed by atoms with E-state index in [1.165, 1.54) is 18.2 Å². The van der Waals surface area contributed by atoms with Crippen molar-refractivity contribution in [1.29, 1.82) is 5.26 Å². The Hall–Kier alpha value is -3.34. The molecule has 0 fully saturated rings. The number of hydrogen-bond acceptors (Lipinski definition) is 4. The predicted molar refractivity (Wildman–Crippen MR) is 130 cm³/mol. The van der Waals surface area contributed by atoms with Gasteiger partial charge in [0.2, 0.25) is 0 Å². The van der Waals surface area contributed by atoms with E-state index in [0.29, 0.717) is 38.9 Å². The lowest BCUT2D eigenvalue weighted by atomic mass is 10.1. The third-order valence-corrected chi connectivity index (χ3v) is 5.47. The lowest BCUT2D eigenvalue weighted by Gasteiger charge is -2.14. The predicted octanol–water partition coefficient (Wildman–Crippen LogP) is 6.76. The molecule has 0 bridgehead atoms. The molecule has 3 rings (SSSR count). The normalized spacial score (nSPS) is 10.9. The first kappa shape index (κ1) is 24.3. The van der Waals surface area contributed by atoms with Gasteiger partial charge in [0.1, 0.15) is 24.1 Å². The number of rotatable bonds is 8. The second-order valence-electron chi connectivity index (χ2n) is 6.77. The fourth-order valence-electron chi connectivity index (χ4n) is 2.84. The van der Waals surface area contributed by atoms with Crippen LogP contribution in [0.1, 0.15) is 18.1 Å². The molecule has 1 amide bonds. The molecule has 0 heterocycles. The number of para-hydroxylation sites is 1. The first-order valence-corrected chi connectivity index (χ1v) is 11.1. The summed E-state index contributed by atoms with van der Waals surface area (Å²) >= 11 is 9.54. The topological polar surface area (TPSA) is 71.3 Å². The van der Waals surface area contributed by atoms with Crippen LogP contribution in [0.2, 0.25) is 5.02 Å². The van der Waals surface area contributed by atoms with E-state index in [2.05, 4.69) is 21.2 Å². The molecule has 3 aromatic rings. The van der Waals surface area contributed by atoms with Crippen LogP contribution < -0.4 is 14.8 Å². The van der Waals surface area contributed by atoms with Gasteiger partial charge in [0.25, 0.3) is 5.91 Å². The molecule has 0 saturated heterocycles. The fraction of sp³-hybridized carbons (Fsp3) is 0.120. The van der Waals surface area contributed by atoms with Gasteiger partial charge in [-0.25, -0.2) is 4.39 Å². The molecule has 0 radical (unpaired) electrons. The monoisotopic (exact) mass is 528 g/mol. The zero-order chi connectivity index (χ0) is 23.8. The van der Waals surface area contributed by atoms with Gasteiger partial charge in [-0.1, -0.05) is 51.8 Å². The lowest BCUT2D eigenvalue weighted by Crippen LogP contribution is -2.13.